The second-order valence-corrected chi connectivity index (χ2v) is 6.77. The summed E-state index contributed by atoms with van der Waals surface area (Å²) in [5, 5.41) is 3.18. The van der Waals surface area contributed by atoms with E-state index in [9.17, 15) is 4.79 Å². The van der Waals surface area contributed by atoms with Crippen LogP contribution in [0.3, 0.4) is 0 Å². The Bertz CT molecular complexity index is 753. The number of hydrogen-bond donors (Lipinski definition) is 1. The molecule has 4 rings (SSSR count). The van der Waals surface area contributed by atoms with E-state index in [1.165, 1.54) is 5.56 Å². The Morgan fingerprint density at radius 1 is 1.38 bits per heavy atom. The summed E-state index contributed by atoms with van der Waals surface area (Å²) < 4.78 is 8.01. The van der Waals surface area contributed by atoms with Crippen molar-refractivity contribution < 1.29 is 9.53 Å². The van der Waals surface area contributed by atoms with E-state index in [0.717, 1.165) is 42.9 Å². The lowest BCUT2D eigenvalue weighted by molar-refractivity contribution is -0.125. The molecular weight excluding hydrogens is 302 g/mol. The molecule has 0 aliphatic carbocycles. The maximum Gasteiger partial charge on any atom is 0.223 e. The van der Waals surface area contributed by atoms with Crippen LogP contribution in [0.2, 0.25) is 0 Å². The summed E-state index contributed by atoms with van der Waals surface area (Å²) in [4.78, 5) is 17.0. The molecule has 1 N–H and O–H groups in total. The van der Waals surface area contributed by atoms with Gasteiger partial charge in [-0.2, -0.15) is 0 Å². The molecule has 0 fully saturated rings. The minimum absolute atomic E-state index is 0.0713. The number of benzene rings is 1. The Balaban J connectivity index is 1.38. The first-order chi connectivity index (χ1) is 11.7. The molecule has 24 heavy (non-hydrogen) atoms. The second-order valence-electron chi connectivity index (χ2n) is 6.77. The average Bonchev–Trinajstić information content (AvgIpc) is 2.94. The molecule has 0 saturated carbocycles. The number of carbonyl (C=O) groups excluding carboxylic acids is 1. The molecule has 5 nitrogen and oxygen atoms in total. The summed E-state index contributed by atoms with van der Waals surface area (Å²) in [7, 11) is 0. The summed E-state index contributed by atoms with van der Waals surface area (Å²) in [6, 6.07) is 8.45. The number of imidazole rings is 1. The molecule has 0 saturated heterocycles. The van der Waals surface area contributed by atoms with Crippen molar-refractivity contribution in [2.24, 2.45) is 0 Å². The number of ether oxygens (including phenoxy) is 1. The van der Waals surface area contributed by atoms with Crippen LogP contribution in [0.15, 0.2) is 30.5 Å². The first-order valence-corrected chi connectivity index (χ1v) is 8.70. The van der Waals surface area contributed by atoms with E-state index in [2.05, 4.69) is 33.2 Å². The monoisotopic (exact) mass is 325 g/mol. The van der Waals surface area contributed by atoms with Crippen LogP contribution in [-0.2, 0) is 28.9 Å². The van der Waals surface area contributed by atoms with E-state index in [-0.39, 0.29) is 18.1 Å². The van der Waals surface area contributed by atoms with Crippen molar-refractivity contribution in [2.75, 3.05) is 6.61 Å². The maximum absolute atomic E-state index is 12.5. The topological polar surface area (TPSA) is 56.2 Å². The van der Waals surface area contributed by atoms with E-state index in [1.807, 2.05) is 19.1 Å². The normalized spacial score (nSPS) is 22.5. The van der Waals surface area contributed by atoms with Gasteiger partial charge in [0.05, 0.1) is 24.8 Å². The lowest BCUT2D eigenvalue weighted by Gasteiger charge is -2.28. The molecule has 1 aromatic carbocycles. The predicted octanol–water partition coefficient (Wildman–Crippen LogP) is 2.33. The minimum atomic E-state index is -0.121. The zero-order valence-electron chi connectivity index (χ0n) is 14.0. The van der Waals surface area contributed by atoms with E-state index in [4.69, 9.17) is 4.74 Å². The van der Waals surface area contributed by atoms with Crippen LogP contribution < -0.4 is 5.32 Å². The molecule has 1 amide bonds. The molecule has 0 radical (unpaired) electrons. The van der Waals surface area contributed by atoms with Gasteiger partial charge in [0.2, 0.25) is 5.91 Å². The minimum Gasteiger partial charge on any atom is -0.373 e. The number of rotatable bonds is 3. The summed E-state index contributed by atoms with van der Waals surface area (Å²) in [6.07, 6.45) is 5.13. The van der Waals surface area contributed by atoms with Crippen molar-refractivity contribution in [3.05, 3.63) is 53.1 Å². The Hall–Kier alpha value is -2.14. The average molecular weight is 325 g/mol. The largest absolute Gasteiger partial charge is 0.373 e. The Morgan fingerprint density at radius 2 is 2.25 bits per heavy atom. The fourth-order valence-electron chi connectivity index (χ4n) is 3.80. The lowest BCUT2D eigenvalue weighted by Crippen LogP contribution is -2.41. The van der Waals surface area contributed by atoms with E-state index >= 15 is 0 Å². The quantitative estimate of drug-likeness (QED) is 0.942. The molecule has 2 aliphatic heterocycles. The fraction of sp³-hybridized carbons (Fsp3) is 0.474. The van der Waals surface area contributed by atoms with Crippen LogP contribution in [0.1, 0.15) is 41.6 Å². The van der Waals surface area contributed by atoms with Crippen LogP contribution in [0.25, 0.3) is 0 Å². The highest BCUT2D eigenvalue weighted by molar-refractivity contribution is 5.77. The molecule has 0 bridgehead atoms. The fourth-order valence-corrected chi connectivity index (χ4v) is 3.80. The molecule has 3 heterocycles. The van der Waals surface area contributed by atoms with E-state index in [0.29, 0.717) is 13.0 Å². The molecule has 1 aromatic heterocycles. The van der Waals surface area contributed by atoms with Crippen molar-refractivity contribution >= 4 is 5.91 Å². The van der Waals surface area contributed by atoms with Gasteiger partial charge in [-0.1, -0.05) is 24.3 Å². The van der Waals surface area contributed by atoms with Crippen LogP contribution in [0.4, 0.5) is 0 Å². The number of hydrogen-bond acceptors (Lipinski definition) is 3. The highest BCUT2D eigenvalue weighted by Crippen LogP contribution is 2.29. The Morgan fingerprint density at radius 3 is 3.17 bits per heavy atom. The third kappa shape index (κ3) is 3.08. The van der Waals surface area contributed by atoms with Gasteiger partial charge in [0.1, 0.15) is 5.82 Å². The SMILES string of the molecule is Cc1cn2c(n1)CC[C@H](NC(=O)C[C@H]1OCCc3ccccc31)C2. The summed E-state index contributed by atoms with van der Waals surface area (Å²) in [5.41, 5.74) is 3.51. The van der Waals surface area contributed by atoms with Crippen LogP contribution >= 0.6 is 0 Å². The zero-order valence-corrected chi connectivity index (χ0v) is 14.0. The molecule has 2 aromatic rings. The van der Waals surface area contributed by atoms with Crippen molar-refractivity contribution in [1.29, 1.82) is 0 Å². The molecule has 0 spiro atoms. The van der Waals surface area contributed by atoms with Gasteiger partial charge in [0.15, 0.2) is 0 Å². The standard InChI is InChI=1S/C19H23N3O2/c1-13-11-22-12-15(6-7-18(22)20-13)21-19(23)10-17-16-5-3-2-4-14(16)8-9-24-17/h2-5,11,15,17H,6-10,12H2,1H3,(H,21,23)/t15-,17+/m0/s1. The lowest BCUT2D eigenvalue weighted by atomic mass is 9.95. The van der Waals surface area contributed by atoms with Gasteiger partial charge in [-0.25, -0.2) is 4.98 Å². The van der Waals surface area contributed by atoms with Gasteiger partial charge < -0.3 is 14.6 Å². The highest BCUT2D eigenvalue weighted by atomic mass is 16.5. The van der Waals surface area contributed by atoms with Crippen LogP contribution in [0.5, 0.6) is 0 Å². The van der Waals surface area contributed by atoms with Crippen molar-refractivity contribution in [2.45, 2.75) is 51.3 Å². The zero-order chi connectivity index (χ0) is 16.5. The first kappa shape index (κ1) is 15.4. The first-order valence-electron chi connectivity index (χ1n) is 8.70. The summed E-state index contributed by atoms with van der Waals surface area (Å²) in [5.74, 6) is 1.20. The number of amides is 1. The van der Waals surface area contributed by atoms with E-state index in [1.54, 1.807) is 0 Å². The van der Waals surface area contributed by atoms with Gasteiger partial charge in [-0.05, 0) is 30.9 Å². The van der Waals surface area contributed by atoms with Gasteiger partial charge in [0.25, 0.3) is 0 Å². The van der Waals surface area contributed by atoms with E-state index < -0.39 is 0 Å². The molecule has 5 heteroatoms. The molecule has 2 atom stereocenters. The van der Waals surface area contributed by atoms with Gasteiger partial charge >= 0.3 is 0 Å². The smallest absolute Gasteiger partial charge is 0.223 e. The number of aryl methyl sites for hydroxylation is 2. The maximum atomic E-state index is 12.5. The number of carbonyl (C=O) groups is 1. The number of aromatic nitrogens is 2. The third-order valence-electron chi connectivity index (χ3n) is 4.94. The molecule has 0 unspecified atom stereocenters. The summed E-state index contributed by atoms with van der Waals surface area (Å²) in [6.45, 7) is 3.51. The van der Waals surface area contributed by atoms with Crippen LogP contribution in [0, 0.1) is 6.92 Å². The highest BCUT2D eigenvalue weighted by Gasteiger charge is 2.26. The van der Waals surface area contributed by atoms with Gasteiger partial charge in [-0.3, -0.25) is 4.79 Å². The van der Waals surface area contributed by atoms with Crippen molar-refractivity contribution in [1.82, 2.24) is 14.9 Å². The van der Waals surface area contributed by atoms with Crippen LogP contribution in [-0.4, -0.2) is 28.1 Å². The number of fused-ring (bicyclic) bond motifs is 2. The van der Waals surface area contributed by atoms with Gasteiger partial charge in [-0.15, -0.1) is 0 Å². The molecule has 2 aliphatic rings. The third-order valence-corrected chi connectivity index (χ3v) is 4.94. The van der Waals surface area contributed by atoms with Gasteiger partial charge in [0, 0.05) is 25.2 Å². The predicted molar refractivity (Wildman–Crippen MR) is 90.7 cm³/mol. The summed E-state index contributed by atoms with van der Waals surface area (Å²) >= 11 is 0. The Labute approximate surface area is 142 Å². The Kier molecular flexibility index (Phi) is 4.10. The second kappa shape index (κ2) is 6.40. The molecular formula is C19H23N3O2. The number of nitrogens with one attached hydrogen (secondary N) is 1. The number of nitrogens with zero attached hydrogens (tertiary/aromatic N) is 2. The molecule has 126 valence electrons. The van der Waals surface area contributed by atoms with Crippen molar-refractivity contribution in [3.8, 4) is 0 Å². The van der Waals surface area contributed by atoms with Crippen molar-refractivity contribution in [3.63, 3.8) is 0 Å².